The van der Waals surface area contributed by atoms with E-state index in [2.05, 4.69) is 34.9 Å². The van der Waals surface area contributed by atoms with Crippen molar-refractivity contribution < 1.29 is 37.1 Å². The number of carbonyl (C=O) groups excluding carboxylic acids is 3. The van der Waals surface area contributed by atoms with E-state index in [1.165, 1.54) is 36.4 Å². The Morgan fingerprint density at radius 3 is 2.61 bits per heavy atom. The van der Waals surface area contributed by atoms with Crippen LogP contribution >= 0.6 is 0 Å². The molecule has 2 aliphatic heterocycles. The highest BCUT2D eigenvalue weighted by Gasteiger charge is 2.57. The number of aromatic nitrogens is 2. The van der Waals surface area contributed by atoms with Crippen molar-refractivity contribution in [1.29, 1.82) is 0 Å². The first-order valence-electron chi connectivity index (χ1n) is 14.5. The molecule has 6 rings (SSSR count). The maximum Gasteiger partial charge on any atom is 0.327 e. The first kappa shape index (κ1) is 31.1. The minimum Gasteiger partial charge on any atom is -0.494 e. The number of ether oxygens (including phenoxy) is 2. The van der Waals surface area contributed by atoms with E-state index in [1.807, 2.05) is 0 Å². The number of methoxy groups -OCH3 is 1. The molecule has 2 aliphatic rings. The fourth-order valence-corrected chi connectivity index (χ4v) is 6.26. The van der Waals surface area contributed by atoms with Gasteiger partial charge in [0.2, 0.25) is 0 Å². The number of urea groups is 1. The van der Waals surface area contributed by atoms with Gasteiger partial charge >= 0.3 is 6.03 Å². The van der Waals surface area contributed by atoms with E-state index in [0.29, 0.717) is 17.7 Å². The van der Waals surface area contributed by atoms with Crippen molar-refractivity contribution in [3.05, 3.63) is 71.1 Å². The van der Waals surface area contributed by atoms with Crippen molar-refractivity contribution in [3.63, 3.8) is 0 Å². The molecule has 0 bridgehead atoms. The van der Waals surface area contributed by atoms with Crippen LogP contribution < -0.4 is 15.8 Å². The summed E-state index contributed by atoms with van der Waals surface area (Å²) in [6, 6.07) is 8.61. The monoisotopic (exact) mass is 650 g/mol. The zero-order valence-electron chi connectivity index (χ0n) is 25.6. The number of amides is 4. The number of halogens is 2. The summed E-state index contributed by atoms with van der Waals surface area (Å²) in [6.07, 6.45) is 1.38. The molecule has 0 radical (unpaired) electrons. The minimum atomic E-state index is -1.96. The number of pyridine rings is 2. The van der Waals surface area contributed by atoms with Crippen molar-refractivity contribution in [1.82, 2.24) is 25.1 Å². The Balaban J connectivity index is 1.38. The van der Waals surface area contributed by atoms with Gasteiger partial charge in [0.25, 0.3) is 11.8 Å². The van der Waals surface area contributed by atoms with Gasteiger partial charge in [-0.15, -0.1) is 0 Å². The standard InChI is InChI=1S/C31H32F2N6O6Si/c1-43-21-7-5-18-14-38(28(40)25(18)26(21)33)15-31(29(41)39(30(42)37-31)16-44-9-10-46(2,3)4)23-12-20-22(45-23)11-19(32)27(36-20)17-6-8-24(34)35-13-17/h5-8,11-13H,9-10,14-16H2,1-4H3,(H2,34,35)(H,37,42). The van der Waals surface area contributed by atoms with Gasteiger partial charge in [0.1, 0.15) is 29.5 Å². The summed E-state index contributed by atoms with van der Waals surface area (Å²) < 4.78 is 47.2. The van der Waals surface area contributed by atoms with Gasteiger partial charge in [0.05, 0.1) is 19.2 Å². The zero-order chi connectivity index (χ0) is 33.0. The average molecular weight is 651 g/mol. The second kappa shape index (κ2) is 11.5. The molecule has 1 fully saturated rings. The van der Waals surface area contributed by atoms with Gasteiger partial charge in [0.15, 0.2) is 28.5 Å². The van der Waals surface area contributed by atoms with Crippen LogP contribution in [0.15, 0.2) is 47.0 Å². The number of hydrogen-bond donors (Lipinski definition) is 2. The molecular weight excluding hydrogens is 618 g/mol. The number of furan rings is 1. The normalized spacial score (nSPS) is 18.1. The van der Waals surface area contributed by atoms with Crippen molar-refractivity contribution in [2.45, 2.75) is 37.8 Å². The molecule has 4 amide bonds. The van der Waals surface area contributed by atoms with E-state index in [-0.39, 0.29) is 53.0 Å². The lowest BCUT2D eigenvalue weighted by atomic mass is 9.95. The summed E-state index contributed by atoms with van der Waals surface area (Å²) in [5.74, 6) is -2.94. The number of nitrogens with two attached hydrogens (primary N) is 1. The van der Waals surface area contributed by atoms with Gasteiger partial charge in [-0.25, -0.2) is 28.4 Å². The van der Waals surface area contributed by atoms with Crippen LogP contribution in [0.5, 0.6) is 5.75 Å². The van der Waals surface area contributed by atoms with E-state index in [1.54, 1.807) is 12.1 Å². The molecule has 12 nitrogen and oxygen atoms in total. The molecule has 3 N–H and O–H groups in total. The lowest BCUT2D eigenvalue weighted by Gasteiger charge is -2.29. The fraction of sp³-hybridized carbons (Fsp3) is 0.323. The number of nitrogen functional groups attached to an aromatic ring is 1. The first-order valence-corrected chi connectivity index (χ1v) is 18.2. The topological polar surface area (TPSA) is 153 Å². The van der Waals surface area contributed by atoms with Crippen LogP contribution in [0.3, 0.4) is 0 Å². The molecule has 5 heterocycles. The molecule has 0 aliphatic carbocycles. The second-order valence-electron chi connectivity index (χ2n) is 12.5. The smallest absolute Gasteiger partial charge is 0.327 e. The van der Waals surface area contributed by atoms with Gasteiger partial charge in [-0.05, 0) is 29.8 Å². The largest absolute Gasteiger partial charge is 0.494 e. The number of benzene rings is 1. The second-order valence-corrected chi connectivity index (χ2v) is 18.1. The SMILES string of the molecule is COc1ccc2c(c1F)C(=O)N(CC1(c3cc4nc(-c5ccc(N)nc5)c(F)cc4o3)NC(=O)N(COCC[Si](C)(C)C)C1=O)C2. The quantitative estimate of drug-likeness (QED) is 0.144. The van der Waals surface area contributed by atoms with Crippen LogP contribution in [-0.4, -0.2) is 72.7 Å². The van der Waals surface area contributed by atoms with Crippen molar-refractivity contribution in [2.24, 2.45) is 0 Å². The molecule has 1 atom stereocenters. The molecule has 1 saturated heterocycles. The van der Waals surface area contributed by atoms with E-state index < -0.39 is 49.6 Å². The summed E-state index contributed by atoms with van der Waals surface area (Å²) in [6.45, 7) is 6.06. The number of hydrogen-bond acceptors (Lipinski definition) is 9. The van der Waals surface area contributed by atoms with Gasteiger partial charge in [-0.2, -0.15) is 0 Å². The fourth-order valence-electron chi connectivity index (χ4n) is 5.50. The Morgan fingerprint density at radius 1 is 1.13 bits per heavy atom. The molecule has 4 aromatic rings. The van der Waals surface area contributed by atoms with Gasteiger partial charge in [-0.3, -0.25) is 9.59 Å². The predicted octanol–water partition coefficient (Wildman–Crippen LogP) is 4.47. The molecule has 15 heteroatoms. The highest BCUT2D eigenvalue weighted by atomic mass is 28.3. The predicted molar refractivity (Wildman–Crippen MR) is 165 cm³/mol. The maximum atomic E-state index is 15.2. The third-order valence-electron chi connectivity index (χ3n) is 8.03. The highest BCUT2D eigenvalue weighted by molar-refractivity contribution is 6.76. The summed E-state index contributed by atoms with van der Waals surface area (Å²) in [5.41, 5.74) is 4.41. The maximum absolute atomic E-state index is 15.2. The van der Waals surface area contributed by atoms with Crippen LogP contribution in [0, 0.1) is 11.6 Å². The van der Waals surface area contributed by atoms with Gasteiger partial charge in [-0.1, -0.05) is 25.7 Å². The molecule has 1 unspecified atom stereocenters. The number of carbonyl (C=O) groups is 3. The van der Waals surface area contributed by atoms with E-state index in [0.717, 1.165) is 17.0 Å². The minimum absolute atomic E-state index is 0.00210. The molecular formula is C31H32F2N6O6Si. The van der Waals surface area contributed by atoms with Crippen LogP contribution in [0.4, 0.5) is 19.4 Å². The Labute approximate surface area is 263 Å². The number of nitrogens with zero attached hydrogens (tertiary/aromatic N) is 4. The number of nitrogens with one attached hydrogen (secondary N) is 1. The van der Waals surface area contributed by atoms with Crippen LogP contribution in [-0.2, 0) is 21.6 Å². The molecule has 240 valence electrons. The molecule has 46 heavy (non-hydrogen) atoms. The summed E-state index contributed by atoms with van der Waals surface area (Å²) in [4.78, 5) is 51.6. The van der Waals surface area contributed by atoms with Crippen molar-refractivity contribution in [3.8, 4) is 17.0 Å². The van der Waals surface area contributed by atoms with E-state index in [4.69, 9.17) is 19.6 Å². The number of imide groups is 1. The summed E-state index contributed by atoms with van der Waals surface area (Å²) in [7, 11) is -0.166. The number of rotatable bonds is 10. The Bertz CT molecular complexity index is 1880. The highest BCUT2D eigenvalue weighted by Crippen LogP contribution is 2.38. The number of anilines is 1. The van der Waals surface area contributed by atoms with E-state index in [9.17, 15) is 14.4 Å². The van der Waals surface area contributed by atoms with Crippen molar-refractivity contribution >= 4 is 42.8 Å². The lowest BCUT2D eigenvalue weighted by Crippen LogP contribution is -2.52. The average Bonchev–Trinajstić information content (AvgIpc) is 3.63. The lowest BCUT2D eigenvalue weighted by molar-refractivity contribution is -0.136. The molecule has 0 saturated carbocycles. The summed E-state index contributed by atoms with van der Waals surface area (Å²) >= 11 is 0. The molecule has 1 aromatic carbocycles. The third kappa shape index (κ3) is 5.45. The molecule has 0 spiro atoms. The third-order valence-corrected chi connectivity index (χ3v) is 9.74. The Kier molecular flexibility index (Phi) is 7.76. The summed E-state index contributed by atoms with van der Waals surface area (Å²) in [5, 5.41) is 2.69. The van der Waals surface area contributed by atoms with Crippen LogP contribution in [0.1, 0.15) is 21.7 Å². The Hall–Kier alpha value is -4.89. The van der Waals surface area contributed by atoms with Gasteiger partial charge < -0.3 is 29.8 Å². The van der Waals surface area contributed by atoms with Crippen LogP contribution in [0.25, 0.3) is 22.4 Å². The number of fused-ring (bicyclic) bond motifs is 2. The first-order chi connectivity index (χ1) is 21.8. The van der Waals surface area contributed by atoms with Crippen molar-refractivity contribution in [2.75, 3.05) is 32.7 Å². The Morgan fingerprint density at radius 2 is 1.91 bits per heavy atom. The van der Waals surface area contributed by atoms with E-state index >= 15 is 8.78 Å². The van der Waals surface area contributed by atoms with Crippen LogP contribution in [0.2, 0.25) is 25.7 Å². The molecule has 3 aromatic heterocycles. The van der Waals surface area contributed by atoms with Gasteiger partial charge in [0, 0.05) is 45.1 Å². The zero-order valence-corrected chi connectivity index (χ0v) is 26.6.